The molecule has 2 aliphatic rings. The van der Waals surface area contributed by atoms with E-state index in [4.69, 9.17) is 0 Å². The van der Waals surface area contributed by atoms with Gasteiger partial charge in [-0.05, 0) is 38.3 Å². The fourth-order valence-corrected chi connectivity index (χ4v) is 3.82. The van der Waals surface area contributed by atoms with Crippen LogP contribution in [0.2, 0.25) is 0 Å². The van der Waals surface area contributed by atoms with Gasteiger partial charge in [0.05, 0.1) is 13.1 Å². The van der Waals surface area contributed by atoms with E-state index >= 15 is 0 Å². The monoisotopic (exact) mass is 325 g/mol. The van der Waals surface area contributed by atoms with Crippen LogP contribution < -0.4 is 4.90 Å². The Kier molecular flexibility index (Phi) is 3.84. The topological polar surface area (TPSA) is 54.3 Å². The van der Waals surface area contributed by atoms with Crippen molar-refractivity contribution in [2.24, 2.45) is 0 Å². The van der Waals surface area contributed by atoms with E-state index in [0.29, 0.717) is 13.1 Å². The number of hydrogen-bond acceptors (Lipinski definition) is 4. The second-order valence-electron chi connectivity index (χ2n) is 6.81. The maximum atomic E-state index is 13.0. The van der Waals surface area contributed by atoms with Crippen molar-refractivity contribution in [2.75, 3.05) is 18.0 Å². The zero-order valence-corrected chi connectivity index (χ0v) is 14.3. The van der Waals surface area contributed by atoms with Crippen LogP contribution in [-0.4, -0.2) is 44.7 Å². The summed E-state index contributed by atoms with van der Waals surface area (Å²) in [5.74, 6) is 2.09. The summed E-state index contributed by atoms with van der Waals surface area (Å²) in [7, 11) is 0. The Morgan fingerprint density at radius 2 is 2.08 bits per heavy atom. The van der Waals surface area contributed by atoms with Crippen molar-refractivity contribution >= 4 is 11.6 Å². The Balaban J connectivity index is 1.51. The highest BCUT2D eigenvalue weighted by Crippen LogP contribution is 2.30. The number of rotatable bonds is 2. The Hall–Kier alpha value is -2.21. The van der Waals surface area contributed by atoms with Crippen LogP contribution in [0.3, 0.4) is 0 Å². The molecule has 0 aliphatic carbocycles. The van der Waals surface area contributed by atoms with Gasteiger partial charge in [0.1, 0.15) is 11.6 Å². The van der Waals surface area contributed by atoms with E-state index in [1.165, 1.54) is 5.56 Å². The number of hydrogen-bond donors (Lipinski definition) is 0. The van der Waals surface area contributed by atoms with E-state index in [9.17, 15) is 4.79 Å². The number of fused-ring (bicyclic) bond motifs is 2. The molecule has 0 radical (unpaired) electrons. The molecule has 4 rings (SSSR count). The van der Waals surface area contributed by atoms with Crippen molar-refractivity contribution in [3.05, 3.63) is 41.5 Å². The van der Waals surface area contributed by atoms with Gasteiger partial charge in [-0.3, -0.25) is 9.69 Å². The van der Waals surface area contributed by atoms with Crippen LogP contribution in [0.5, 0.6) is 0 Å². The normalized spacial score (nSPS) is 20.6. The molecule has 2 aliphatic heterocycles. The lowest BCUT2D eigenvalue weighted by molar-refractivity contribution is -0.120. The molecule has 0 fully saturated rings. The standard InChI is InChI=1S/C18H23N5O/c1-13-7-8-15-5-3-4-6-16(15)23(13)18(24)12-21-9-10-22-14(2)19-20-17(22)11-21/h3-6,13H,7-12H2,1-2H3/t13-/m1/s1. The third-order valence-electron chi connectivity index (χ3n) is 5.17. The van der Waals surface area contributed by atoms with Gasteiger partial charge in [-0.2, -0.15) is 0 Å². The van der Waals surface area contributed by atoms with E-state index < -0.39 is 0 Å². The highest BCUT2D eigenvalue weighted by Gasteiger charge is 2.30. The predicted molar refractivity (Wildman–Crippen MR) is 91.7 cm³/mol. The molecule has 1 aromatic heterocycles. The van der Waals surface area contributed by atoms with Gasteiger partial charge in [-0.25, -0.2) is 0 Å². The molecule has 0 bridgehead atoms. The van der Waals surface area contributed by atoms with Crippen molar-refractivity contribution in [3.8, 4) is 0 Å². The highest BCUT2D eigenvalue weighted by atomic mass is 16.2. The number of nitrogens with zero attached hydrogens (tertiary/aromatic N) is 5. The molecule has 126 valence electrons. The second-order valence-corrected chi connectivity index (χ2v) is 6.81. The van der Waals surface area contributed by atoms with Crippen molar-refractivity contribution in [2.45, 2.75) is 45.8 Å². The van der Waals surface area contributed by atoms with Gasteiger partial charge in [-0.15, -0.1) is 10.2 Å². The van der Waals surface area contributed by atoms with Crippen LogP contribution in [0.4, 0.5) is 5.69 Å². The number of carbonyl (C=O) groups excluding carboxylic acids is 1. The quantitative estimate of drug-likeness (QED) is 0.844. The predicted octanol–water partition coefficient (Wildman–Crippen LogP) is 1.77. The molecule has 0 unspecified atom stereocenters. The minimum Gasteiger partial charge on any atom is -0.313 e. The smallest absolute Gasteiger partial charge is 0.241 e. The summed E-state index contributed by atoms with van der Waals surface area (Å²) < 4.78 is 2.14. The van der Waals surface area contributed by atoms with Crippen molar-refractivity contribution in [1.82, 2.24) is 19.7 Å². The van der Waals surface area contributed by atoms with Gasteiger partial charge < -0.3 is 9.47 Å². The number of carbonyl (C=O) groups is 1. The first-order valence-electron chi connectivity index (χ1n) is 8.64. The number of para-hydroxylation sites is 1. The maximum Gasteiger partial charge on any atom is 0.241 e. The third kappa shape index (κ3) is 2.60. The minimum atomic E-state index is 0.180. The van der Waals surface area contributed by atoms with Crippen molar-refractivity contribution < 1.29 is 4.79 Å². The molecule has 1 atom stereocenters. The van der Waals surface area contributed by atoms with E-state index in [-0.39, 0.29) is 11.9 Å². The molecule has 1 aromatic carbocycles. The van der Waals surface area contributed by atoms with Crippen molar-refractivity contribution in [1.29, 1.82) is 0 Å². The number of aryl methyl sites for hydroxylation is 2. The molecular weight excluding hydrogens is 302 g/mol. The number of anilines is 1. The first-order chi connectivity index (χ1) is 11.6. The Bertz CT molecular complexity index is 769. The van der Waals surface area contributed by atoms with E-state index in [0.717, 1.165) is 43.3 Å². The molecule has 0 N–H and O–H groups in total. The first kappa shape index (κ1) is 15.3. The maximum absolute atomic E-state index is 13.0. The Morgan fingerprint density at radius 3 is 2.96 bits per heavy atom. The lowest BCUT2D eigenvalue weighted by Crippen LogP contribution is -2.48. The molecule has 2 aromatic rings. The fraction of sp³-hybridized carbons (Fsp3) is 0.500. The van der Waals surface area contributed by atoms with Gasteiger partial charge in [0.25, 0.3) is 0 Å². The Labute approximate surface area is 142 Å². The number of aromatic nitrogens is 3. The van der Waals surface area contributed by atoms with Crippen LogP contribution in [0.15, 0.2) is 24.3 Å². The largest absolute Gasteiger partial charge is 0.313 e. The van der Waals surface area contributed by atoms with Crippen LogP contribution in [0, 0.1) is 6.92 Å². The second kappa shape index (κ2) is 6.02. The average molecular weight is 325 g/mol. The number of amides is 1. The highest BCUT2D eigenvalue weighted by molar-refractivity contribution is 5.96. The first-order valence-corrected chi connectivity index (χ1v) is 8.64. The summed E-state index contributed by atoms with van der Waals surface area (Å²) in [5, 5.41) is 8.36. The van der Waals surface area contributed by atoms with Gasteiger partial charge in [0.15, 0.2) is 0 Å². The number of benzene rings is 1. The lowest BCUT2D eigenvalue weighted by atomic mass is 9.96. The molecular formula is C18H23N5O. The molecule has 0 saturated carbocycles. The summed E-state index contributed by atoms with van der Waals surface area (Å²) in [6, 6.07) is 8.52. The molecule has 3 heterocycles. The summed E-state index contributed by atoms with van der Waals surface area (Å²) in [5.41, 5.74) is 2.36. The van der Waals surface area contributed by atoms with Crippen LogP contribution in [0.1, 0.15) is 30.6 Å². The van der Waals surface area contributed by atoms with Crippen LogP contribution >= 0.6 is 0 Å². The fourth-order valence-electron chi connectivity index (χ4n) is 3.82. The SMILES string of the molecule is Cc1nnc2n1CCN(CC(=O)N1c3ccccc3CC[C@H]1C)C2. The minimum absolute atomic E-state index is 0.180. The molecule has 6 heteroatoms. The van der Waals surface area contributed by atoms with Crippen LogP contribution in [0.25, 0.3) is 0 Å². The summed E-state index contributed by atoms with van der Waals surface area (Å²) in [4.78, 5) is 17.2. The van der Waals surface area contributed by atoms with Crippen molar-refractivity contribution in [3.63, 3.8) is 0 Å². The molecule has 24 heavy (non-hydrogen) atoms. The van der Waals surface area contributed by atoms with E-state index in [1.807, 2.05) is 17.9 Å². The lowest BCUT2D eigenvalue weighted by Gasteiger charge is -2.37. The Morgan fingerprint density at radius 1 is 1.25 bits per heavy atom. The zero-order chi connectivity index (χ0) is 16.7. The van der Waals surface area contributed by atoms with Gasteiger partial charge in [0.2, 0.25) is 5.91 Å². The van der Waals surface area contributed by atoms with Crippen LogP contribution in [-0.2, 0) is 24.3 Å². The van der Waals surface area contributed by atoms with E-state index in [2.05, 4.69) is 44.8 Å². The molecule has 6 nitrogen and oxygen atoms in total. The summed E-state index contributed by atoms with van der Waals surface area (Å²) in [6.45, 7) is 6.96. The van der Waals surface area contributed by atoms with E-state index in [1.54, 1.807) is 0 Å². The average Bonchev–Trinajstić information content (AvgIpc) is 2.95. The van der Waals surface area contributed by atoms with Gasteiger partial charge in [0, 0.05) is 24.8 Å². The van der Waals surface area contributed by atoms with Gasteiger partial charge >= 0.3 is 0 Å². The summed E-state index contributed by atoms with van der Waals surface area (Å²) >= 11 is 0. The van der Waals surface area contributed by atoms with Gasteiger partial charge in [-0.1, -0.05) is 18.2 Å². The summed E-state index contributed by atoms with van der Waals surface area (Å²) in [6.07, 6.45) is 2.07. The third-order valence-corrected chi connectivity index (χ3v) is 5.17. The molecule has 1 amide bonds. The zero-order valence-electron chi connectivity index (χ0n) is 14.3. The molecule has 0 spiro atoms. The molecule has 0 saturated heterocycles.